The molecule has 0 saturated carbocycles. The average molecular weight is 522 g/mol. The molecule has 1 amide bonds. The molecule has 0 fully saturated rings. The summed E-state index contributed by atoms with van der Waals surface area (Å²) < 4.78 is 33.9. The normalized spacial score (nSPS) is 11.1. The van der Waals surface area contributed by atoms with Crippen molar-refractivity contribution in [1.29, 1.82) is 0 Å². The number of carbonyl (C=O) groups is 1. The number of amides is 1. The van der Waals surface area contributed by atoms with E-state index in [9.17, 15) is 13.2 Å². The van der Waals surface area contributed by atoms with E-state index in [1.165, 1.54) is 24.3 Å². The first-order chi connectivity index (χ1) is 16.2. The van der Waals surface area contributed by atoms with Crippen molar-refractivity contribution < 1.29 is 17.9 Å². The minimum Gasteiger partial charge on any atom is -0.444 e. The van der Waals surface area contributed by atoms with Crippen LogP contribution in [0.4, 0.5) is 21.9 Å². The highest BCUT2D eigenvalue weighted by Gasteiger charge is 2.20. The third-order valence-corrected chi connectivity index (χ3v) is 6.93. The van der Waals surface area contributed by atoms with Crippen LogP contribution in [0.1, 0.15) is 19.4 Å². The lowest BCUT2D eigenvalue weighted by atomic mass is 10.2. The van der Waals surface area contributed by atoms with Gasteiger partial charge >= 0.3 is 6.09 Å². The molecular formula is C24H25Cl2N3O4S. The van der Waals surface area contributed by atoms with Gasteiger partial charge in [0.2, 0.25) is 0 Å². The number of sulfonamides is 1. The zero-order chi connectivity index (χ0) is 24.7. The number of hydrogen-bond donors (Lipinski definition) is 2. The lowest BCUT2D eigenvalue weighted by Gasteiger charge is -2.25. The number of anilines is 3. The third kappa shape index (κ3) is 6.56. The Hall–Kier alpha value is -2.94. The van der Waals surface area contributed by atoms with E-state index >= 15 is 0 Å². The van der Waals surface area contributed by atoms with E-state index in [2.05, 4.69) is 10.0 Å². The largest absolute Gasteiger partial charge is 0.444 e. The summed E-state index contributed by atoms with van der Waals surface area (Å²) in [7, 11) is -4.03. The van der Waals surface area contributed by atoms with Crippen molar-refractivity contribution in [2.75, 3.05) is 28.0 Å². The van der Waals surface area contributed by atoms with E-state index in [4.69, 9.17) is 27.9 Å². The monoisotopic (exact) mass is 521 g/mol. The van der Waals surface area contributed by atoms with Gasteiger partial charge in [-0.1, -0.05) is 53.5 Å². The maximum atomic E-state index is 13.1. The van der Waals surface area contributed by atoms with Crippen LogP contribution in [-0.2, 0) is 21.4 Å². The number of halogens is 2. The van der Waals surface area contributed by atoms with Gasteiger partial charge in [0.15, 0.2) is 0 Å². The lowest BCUT2D eigenvalue weighted by Crippen LogP contribution is -2.25. The minimum absolute atomic E-state index is 0.0576. The lowest BCUT2D eigenvalue weighted by molar-refractivity contribution is 0.155. The molecule has 2 N–H and O–H groups in total. The number of ether oxygens (including phenoxy) is 1. The van der Waals surface area contributed by atoms with Crippen molar-refractivity contribution in [3.05, 3.63) is 82.3 Å². The number of hydrogen-bond acceptors (Lipinski definition) is 5. The Labute approximate surface area is 209 Å². The Kier molecular flexibility index (Phi) is 8.66. The van der Waals surface area contributed by atoms with Crippen LogP contribution in [0.2, 0.25) is 10.0 Å². The van der Waals surface area contributed by atoms with Crippen LogP contribution < -0.4 is 14.9 Å². The quantitative estimate of drug-likeness (QED) is 0.340. The average Bonchev–Trinajstić information content (AvgIpc) is 2.82. The maximum Gasteiger partial charge on any atom is 0.412 e. The van der Waals surface area contributed by atoms with Gasteiger partial charge < -0.3 is 9.64 Å². The van der Waals surface area contributed by atoms with E-state index in [0.29, 0.717) is 29.5 Å². The van der Waals surface area contributed by atoms with Gasteiger partial charge in [-0.05, 0) is 55.8 Å². The van der Waals surface area contributed by atoms with Crippen molar-refractivity contribution in [1.82, 2.24) is 0 Å². The van der Waals surface area contributed by atoms with Crippen molar-refractivity contribution >= 4 is 56.4 Å². The standard InChI is InChI=1S/C24H25Cl2N3O4S/c1-3-29(4-2)23-13-11-19(34(31,32)28-21-14-18(25)10-12-20(21)26)15-22(23)27-24(30)33-16-17-8-6-5-7-9-17/h5-15,28H,3-4,16H2,1-2H3,(H,27,30). The van der Waals surface area contributed by atoms with Gasteiger partial charge in [0.25, 0.3) is 10.0 Å². The molecule has 10 heteroatoms. The Morgan fingerprint density at radius 3 is 2.32 bits per heavy atom. The number of nitrogens with one attached hydrogen (secondary N) is 2. The van der Waals surface area contributed by atoms with Crippen molar-refractivity contribution in [2.24, 2.45) is 0 Å². The van der Waals surface area contributed by atoms with Gasteiger partial charge in [0, 0.05) is 18.1 Å². The van der Waals surface area contributed by atoms with E-state index in [-0.39, 0.29) is 22.2 Å². The van der Waals surface area contributed by atoms with Crippen LogP contribution >= 0.6 is 23.2 Å². The fourth-order valence-electron chi connectivity index (χ4n) is 3.27. The van der Waals surface area contributed by atoms with E-state index in [0.717, 1.165) is 5.56 Å². The maximum absolute atomic E-state index is 13.1. The minimum atomic E-state index is -4.03. The van der Waals surface area contributed by atoms with Crippen LogP contribution in [-0.4, -0.2) is 27.6 Å². The summed E-state index contributed by atoms with van der Waals surface area (Å²) in [5.74, 6) is 0. The molecule has 0 atom stereocenters. The number of carbonyl (C=O) groups excluding carboxylic acids is 1. The molecule has 0 unspecified atom stereocenters. The molecule has 34 heavy (non-hydrogen) atoms. The summed E-state index contributed by atoms with van der Waals surface area (Å²) in [6.45, 7) is 5.34. The molecule has 0 aromatic heterocycles. The SMILES string of the molecule is CCN(CC)c1ccc(S(=O)(=O)Nc2cc(Cl)ccc2Cl)cc1NC(=O)OCc1ccccc1. The number of nitrogens with zero attached hydrogens (tertiary/aromatic N) is 1. The van der Waals surface area contributed by atoms with Gasteiger partial charge in [-0.15, -0.1) is 0 Å². The Bertz CT molecular complexity index is 1250. The molecule has 0 aliphatic heterocycles. The van der Waals surface area contributed by atoms with E-state index in [1.54, 1.807) is 12.1 Å². The fraction of sp³-hybridized carbons (Fsp3) is 0.208. The van der Waals surface area contributed by atoms with Gasteiger partial charge in [-0.3, -0.25) is 10.0 Å². The second kappa shape index (κ2) is 11.5. The Morgan fingerprint density at radius 2 is 1.65 bits per heavy atom. The summed E-state index contributed by atoms with van der Waals surface area (Å²) in [4.78, 5) is 14.5. The number of rotatable bonds is 9. The molecule has 3 aromatic rings. The van der Waals surface area contributed by atoms with Crippen LogP contribution in [0.3, 0.4) is 0 Å². The highest BCUT2D eigenvalue weighted by Crippen LogP contribution is 2.32. The van der Waals surface area contributed by atoms with E-state index < -0.39 is 16.1 Å². The molecule has 180 valence electrons. The molecule has 0 bridgehead atoms. The first-order valence-electron chi connectivity index (χ1n) is 10.6. The molecule has 3 aromatic carbocycles. The number of benzene rings is 3. The topological polar surface area (TPSA) is 87.7 Å². The van der Waals surface area contributed by atoms with Crippen molar-refractivity contribution in [3.8, 4) is 0 Å². The first kappa shape index (κ1) is 25.7. The zero-order valence-corrected chi connectivity index (χ0v) is 21.0. The molecule has 7 nitrogen and oxygen atoms in total. The molecule has 3 rings (SSSR count). The summed E-state index contributed by atoms with van der Waals surface area (Å²) >= 11 is 12.1. The third-order valence-electron chi connectivity index (χ3n) is 5.00. The van der Waals surface area contributed by atoms with Gasteiger partial charge in [0.05, 0.1) is 27.0 Å². The highest BCUT2D eigenvalue weighted by molar-refractivity contribution is 7.92. The predicted octanol–water partition coefficient (Wildman–Crippen LogP) is 6.39. The van der Waals surface area contributed by atoms with Crippen LogP contribution in [0.15, 0.2) is 71.6 Å². The smallest absolute Gasteiger partial charge is 0.412 e. The summed E-state index contributed by atoms with van der Waals surface area (Å²) in [6, 6.07) is 18.2. The van der Waals surface area contributed by atoms with Gasteiger partial charge in [-0.2, -0.15) is 0 Å². The molecule has 0 radical (unpaired) electrons. The fourth-order valence-corrected chi connectivity index (χ4v) is 4.76. The summed E-state index contributed by atoms with van der Waals surface area (Å²) in [6.07, 6.45) is -0.697. The Morgan fingerprint density at radius 1 is 0.941 bits per heavy atom. The second-order valence-electron chi connectivity index (χ2n) is 7.27. The summed E-state index contributed by atoms with van der Waals surface area (Å²) in [5, 5.41) is 3.22. The zero-order valence-electron chi connectivity index (χ0n) is 18.7. The molecule has 0 spiro atoms. The first-order valence-corrected chi connectivity index (χ1v) is 12.8. The molecule has 0 aliphatic carbocycles. The van der Waals surface area contributed by atoms with Crippen molar-refractivity contribution in [3.63, 3.8) is 0 Å². The van der Waals surface area contributed by atoms with Crippen LogP contribution in [0.5, 0.6) is 0 Å². The molecule has 0 aliphatic rings. The van der Waals surface area contributed by atoms with Gasteiger partial charge in [0.1, 0.15) is 6.61 Å². The van der Waals surface area contributed by atoms with Crippen molar-refractivity contribution in [2.45, 2.75) is 25.3 Å². The molecule has 0 heterocycles. The highest BCUT2D eigenvalue weighted by atomic mass is 35.5. The second-order valence-corrected chi connectivity index (χ2v) is 9.79. The molecule has 0 saturated heterocycles. The Balaban J connectivity index is 1.88. The van der Waals surface area contributed by atoms with Crippen LogP contribution in [0, 0.1) is 0 Å². The molecular weight excluding hydrogens is 497 g/mol. The summed E-state index contributed by atoms with van der Waals surface area (Å²) in [5.41, 5.74) is 1.96. The van der Waals surface area contributed by atoms with Crippen LogP contribution in [0.25, 0.3) is 0 Å². The van der Waals surface area contributed by atoms with E-state index in [1.807, 2.05) is 49.1 Å². The predicted molar refractivity (Wildman–Crippen MR) is 138 cm³/mol. The van der Waals surface area contributed by atoms with Gasteiger partial charge in [-0.25, -0.2) is 13.2 Å².